The van der Waals surface area contributed by atoms with E-state index >= 15 is 0 Å². The fourth-order valence-corrected chi connectivity index (χ4v) is 1.95. The van der Waals surface area contributed by atoms with E-state index in [2.05, 4.69) is 5.32 Å². The molecule has 0 unspecified atom stereocenters. The summed E-state index contributed by atoms with van der Waals surface area (Å²) in [5.74, 6) is -0.741. The normalized spacial score (nSPS) is 9.96. The lowest BCUT2D eigenvalue weighted by Gasteiger charge is -2.10. The van der Waals surface area contributed by atoms with Gasteiger partial charge in [-0.2, -0.15) is 0 Å². The van der Waals surface area contributed by atoms with Crippen LogP contribution in [-0.4, -0.2) is 24.2 Å². The Morgan fingerprint density at radius 2 is 1.83 bits per heavy atom. The molecule has 0 bridgehead atoms. The van der Waals surface area contributed by atoms with Crippen LogP contribution in [0.2, 0.25) is 0 Å². The van der Waals surface area contributed by atoms with E-state index in [0.717, 1.165) is 0 Å². The van der Waals surface area contributed by atoms with E-state index in [9.17, 15) is 14.4 Å². The summed E-state index contributed by atoms with van der Waals surface area (Å²) in [6.07, 6.45) is 0. The van der Waals surface area contributed by atoms with Crippen LogP contribution in [0.4, 0.5) is 5.69 Å². The third kappa shape index (κ3) is 4.41. The van der Waals surface area contributed by atoms with Crippen molar-refractivity contribution in [2.24, 2.45) is 5.73 Å². The largest absolute Gasteiger partial charge is 0.484 e. The van der Waals surface area contributed by atoms with Gasteiger partial charge < -0.3 is 15.8 Å². The van der Waals surface area contributed by atoms with Gasteiger partial charge in [0.1, 0.15) is 5.75 Å². The van der Waals surface area contributed by atoms with Gasteiger partial charge in [-0.15, -0.1) is 0 Å². The van der Waals surface area contributed by atoms with Crippen molar-refractivity contribution in [3.05, 3.63) is 59.7 Å². The van der Waals surface area contributed by atoms with Gasteiger partial charge in [0.2, 0.25) is 0 Å². The first-order valence-electron chi connectivity index (χ1n) is 6.90. The number of benzene rings is 2. The second kappa shape index (κ2) is 7.22. The summed E-state index contributed by atoms with van der Waals surface area (Å²) in [6.45, 7) is 1.20. The molecule has 0 aliphatic rings. The number of hydrogen-bond donors (Lipinski definition) is 2. The van der Waals surface area contributed by atoms with Crippen LogP contribution in [0, 0.1) is 0 Å². The second-order valence-electron chi connectivity index (χ2n) is 4.83. The summed E-state index contributed by atoms with van der Waals surface area (Å²) < 4.78 is 5.35. The van der Waals surface area contributed by atoms with E-state index in [1.807, 2.05) is 0 Å². The Morgan fingerprint density at radius 1 is 1.09 bits per heavy atom. The first kappa shape index (κ1) is 16.2. The summed E-state index contributed by atoms with van der Waals surface area (Å²) in [5.41, 5.74) is 6.30. The number of carbonyl (C=O) groups is 3. The molecule has 0 saturated carbocycles. The molecule has 6 nitrogen and oxygen atoms in total. The standard InChI is InChI=1S/C17H16N2O4/c1-11(20)12-5-4-6-13(9-12)23-10-16(21)19-15-8-3-2-7-14(15)17(18)22/h2-9H,10H2,1H3,(H2,18,22)(H,19,21). The average molecular weight is 312 g/mol. The van der Waals surface area contributed by atoms with Crippen LogP contribution in [0.3, 0.4) is 0 Å². The number of para-hydroxylation sites is 1. The maximum absolute atomic E-state index is 11.9. The monoisotopic (exact) mass is 312 g/mol. The number of nitrogens with two attached hydrogens (primary N) is 1. The molecule has 2 amide bonds. The molecule has 0 atom stereocenters. The van der Waals surface area contributed by atoms with Gasteiger partial charge in [0.25, 0.3) is 11.8 Å². The topological polar surface area (TPSA) is 98.5 Å². The Bertz CT molecular complexity index is 756. The molecule has 0 fully saturated rings. The molecule has 3 N–H and O–H groups in total. The molecule has 0 radical (unpaired) electrons. The molecule has 6 heteroatoms. The minimum absolute atomic E-state index is 0.0877. The van der Waals surface area contributed by atoms with Crippen LogP contribution in [0.5, 0.6) is 5.75 Å². The third-order valence-corrected chi connectivity index (χ3v) is 3.08. The minimum atomic E-state index is -0.629. The van der Waals surface area contributed by atoms with Crippen LogP contribution in [0.1, 0.15) is 27.6 Å². The Hall–Kier alpha value is -3.15. The number of nitrogens with one attached hydrogen (secondary N) is 1. The third-order valence-electron chi connectivity index (χ3n) is 3.08. The zero-order chi connectivity index (χ0) is 16.8. The molecule has 2 aromatic carbocycles. The molecule has 2 aromatic rings. The van der Waals surface area contributed by atoms with E-state index in [1.54, 1.807) is 42.5 Å². The van der Waals surface area contributed by atoms with Gasteiger partial charge in [-0.25, -0.2) is 0 Å². The Labute approximate surface area is 133 Å². The quantitative estimate of drug-likeness (QED) is 0.797. The van der Waals surface area contributed by atoms with Crippen LogP contribution in [-0.2, 0) is 4.79 Å². The highest BCUT2D eigenvalue weighted by Crippen LogP contribution is 2.16. The summed E-state index contributed by atoms with van der Waals surface area (Å²) in [7, 11) is 0. The number of ether oxygens (including phenoxy) is 1. The first-order chi connectivity index (χ1) is 11.0. The molecule has 2 rings (SSSR count). The number of amides is 2. The highest BCUT2D eigenvalue weighted by atomic mass is 16.5. The summed E-state index contributed by atoms with van der Waals surface area (Å²) in [5, 5.41) is 2.57. The molecule has 0 heterocycles. The molecule has 0 saturated heterocycles. The van der Waals surface area contributed by atoms with Crippen molar-refractivity contribution >= 4 is 23.3 Å². The summed E-state index contributed by atoms with van der Waals surface area (Å²) in [4.78, 5) is 34.5. The van der Waals surface area contributed by atoms with Gasteiger partial charge in [-0.1, -0.05) is 24.3 Å². The lowest BCUT2D eigenvalue weighted by molar-refractivity contribution is -0.118. The van der Waals surface area contributed by atoms with Gasteiger partial charge in [0.15, 0.2) is 12.4 Å². The number of hydrogen-bond acceptors (Lipinski definition) is 4. The van der Waals surface area contributed by atoms with Crippen LogP contribution < -0.4 is 15.8 Å². The van der Waals surface area contributed by atoms with Crippen molar-refractivity contribution in [1.82, 2.24) is 0 Å². The van der Waals surface area contributed by atoms with Crippen LogP contribution >= 0.6 is 0 Å². The molecule has 0 aliphatic carbocycles. The van der Waals surface area contributed by atoms with E-state index in [0.29, 0.717) is 17.0 Å². The van der Waals surface area contributed by atoms with E-state index in [4.69, 9.17) is 10.5 Å². The lowest BCUT2D eigenvalue weighted by Crippen LogP contribution is -2.22. The molecule has 23 heavy (non-hydrogen) atoms. The molecule has 0 aromatic heterocycles. The number of rotatable bonds is 6. The maximum atomic E-state index is 11.9. The average Bonchev–Trinajstić information content (AvgIpc) is 2.53. The summed E-state index contributed by atoms with van der Waals surface area (Å²) in [6, 6.07) is 13.0. The highest BCUT2D eigenvalue weighted by Gasteiger charge is 2.11. The van der Waals surface area contributed by atoms with Gasteiger partial charge in [-0.3, -0.25) is 14.4 Å². The fraction of sp³-hybridized carbons (Fsp3) is 0.118. The number of primary amides is 1. The predicted octanol–water partition coefficient (Wildman–Crippen LogP) is 2.01. The van der Waals surface area contributed by atoms with Gasteiger partial charge in [-0.05, 0) is 31.2 Å². The smallest absolute Gasteiger partial charge is 0.262 e. The van der Waals surface area contributed by atoms with Gasteiger partial charge in [0, 0.05) is 5.56 Å². The SMILES string of the molecule is CC(=O)c1cccc(OCC(=O)Nc2ccccc2C(N)=O)c1. The summed E-state index contributed by atoms with van der Waals surface area (Å²) >= 11 is 0. The van der Waals surface area contributed by atoms with E-state index < -0.39 is 11.8 Å². The van der Waals surface area contributed by atoms with Crippen LogP contribution in [0.25, 0.3) is 0 Å². The van der Waals surface area contributed by atoms with Crippen molar-refractivity contribution in [2.75, 3.05) is 11.9 Å². The zero-order valence-corrected chi connectivity index (χ0v) is 12.5. The second-order valence-corrected chi connectivity index (χ2v) is 4.83. The van der Waals surface area contributed by atoms with E-state index in [1.165, 1.54) is 13.0 Å². The van der Waals surface area contributed by atoms with Crippen molar-refractivity contribution in [3.63, 3.8) is 0 Å². The number of Topliss-reactive ketones (excluding diaryl/α,β-unsaturated/α-hetero) is 1. The van der Waals surface area contributed by atoms with Crippen molar-refractivity contribution in [3.8, 4) is 5.75 Å². The number of anilines is 1. The van der Waals surface area contributed by atoms with Crippen molar-refractivity contribution < 1.29 is 19.1 Å². The molecule has 0 spiro atoms. The predicted molar refractivity (Wildman–Crippen MR) is 85.5 cm³/mol. The Balaban J connectivity index is 2.00. The zero-order valence-electron chi connectivity index (χ0n) is 12.5. The fourth-order valence-electron chi connectivity index (χ4n) is 1.95. The molecular formula is C17H16N2O4. The molecule has 118 valence electrons. The van der Waals surface area contributed by atoms with Gasteiger partial charge >= 0.3 is 0 Å². The molecule has 0 aliphatic heterocycles. The minimum Gasteiger partial charge on any atom is -0.484 e. The maximum Gasteiger partial charge on any atom is 0.262 e. The Kier molecular flexibility index (Phi) is 5.09. The van der Waals surface area contributed by atoms with E-state index in [-0.39, 0.29) is 18.0 Å². The highest BCUT2D eigenvalue weighted by molar-refractivity contribution is 6.03. The van der Waals surface area contributed by atoms with Gasteiger partial charge in [0.05, 0.1) is 11.3 Å². The molecular weight excluding hydrogens is 296 g/mol. The number of carbonyl (C=O) groups excluding carboxylic acids is 3. The first-order valence-corrected chi connectivity index (χ1v) is 6.90. The van der Waals surface area contributed by atoms with Crippen molar-refractivity contribution in [2.45, 2.75) is 6.92 Å². The van der Waals surface area contributed by atoms with Crippen molar-refractivity contribution in [1.29, 1.82) is 0 Å². The Morgan fingerprint density at radius 3 is 2.52 bits per heavy atom. The number of ketones is 1. The lowest BCUT2D eigenvalue weighted by atomic mass is 10.1. The van der Waals surface area contributed by atoms with Crippen LogP contribution in [0.15, 0.2) is 48.5 Å².